The molecule has 2 aromatic rings. The van der Waals surface area contributed by atoms with Gasteiger partial charge in [0.25, 0.3) is 0 Å². The quantitative estimate of drug-likeness (QED) is 0.728. The van der Waals surface area contributed by atoms with Crippen molar-refractivity contribution in [3.05, 3.63) is 65.0 Å². The first kappa shape index (κ1) is 16.7. The first-order valence-electron chi connectivity index (χ1n) is 6.98. The summed E-state index contributed by atoms with van der Waals surface area (Å²) in [6.45, 7) is 3.63. The summed E-state index contributed by atoms with van der Waals surface area (Å²) in [5.74, 6) is -1.63. The third-order valence-corrected chi connectivity index (χ3v) is 4.62. The van der Waals surface area contributed by atoms with Crippen LogP contribution in [0.25, 0.3) is 0 Å². The molecule has 0 amide bonds. The summed E-state index contributed by atoms with van der Waals surface area (Å²) >= 11 is 0. The Morgan fingerprint density at radius 3 is 2.32 bits per heavy atom. The lowest BCUT2D eigenvalue weighted by Crippen LogP contribution is -2.11. The largest absolute Gasteiger partial charge is 0.368 e. The van der Waals surface area contributed by atoms with E-state index in [1.54, 1.807) is 31.2 Å². The summed E-state index contributed by atoms with van der Waals surface area (Å²) in [5, 5.41) is 2.74. The fourth-order valence-corrected chi connectivity index (χ4v) is 3.02. The van der Waals surface area contributed by atoms with Gasteiger partial charge in [-0.25, -0.2) is 4.39 Å². The van der Waals surface area contributed by atoms with Crippen LogP contribution < -0.4 is 5.32 Å². The van der Waals surface area contributed by atoms with Gasteiger partial charge in [-0.3, -0.25) is 4.57 Å². The molecule has 0 aliphatic carbocycles. The Hall–Kier alpha value is -1.68. The van der Waals surface area contributed by atoms with Crippen LogP contribution in [0.1, 0.15) is 29.4 Å². The van der Waals surface area contributed by atoms with Crippen LogP contribution in [-0.2, 0) is 11.0 Å². The monoisotopic (exact) mass is 323 g/mol. The molecule has 0 saturated carbocycles. The SMILES string of the molecule is CCc1ccc([C@@H](Nc2ccc(C)c(F)c2)P(=O)(O)O)cc1. The Morgan fingerprint density at radius 1 is 1.18 bits per heavy atom. The molecule has 2 rings (SSSR count). The lowest BCUT2D eigenvalue weighted by Gasteiger charge is -2.22. The summed E-state index contributed by atoms with van der Waals surface area (Å²) in [6, 6.07) is 11.4. The van der Waals surface area contributed by atoms with Crippen molar-refractivity contribution >= 4 is 13.3 Å². The molecule has 0 unspecified atom stereocenters. The molecule has 4 nitrogen and oxygen atoms in total. The molecule has 0 spiro atoms. The van der Waals surface area contributed by atoms with Crippen molar-refractivity contribution in [3.63, 3.8) is 0 Å². The Labute approximate surface area is 129 Å². The summed E-state index contributed by atoms with van der Waals surface area (Å²) in [7, 11) is -4.45. The number of benzene rings is 2. The van der Waals surface area contributed by atoms with E-state index in [9.17, 15) is 18.7 Å². The molecule has 0 aliphatic heterocycles. The number of halogens is 1. The van der Waals surface area contributed by atoms with Crippen molar-refractivity contribution in [2.24, 2.45) is 0 Å². The van der Waals surface area contributed by atoms with Crippen LogP contribution >= 0.6 is 7.60 Å². The first-order chi connectivity index (χ1) is 10.3. The van der Waals surface area contributed by atoms with E-state index in [-0.39, 0.29) is 0 Å². The maximum atomic E-state index is 13.6. The van der Waals surface area contributed by atoms with Gasteiger partial charge in [0.05, 0.1) is 0 Å². The van der Waals surface area contributed by atoms with Crippen LogP contribution in [0.2, 0.25) is 0 Å². The van der Waals surface area contributed by atoms with Gasteiger partial charge in [-0.15, -0.1) is 0 Å². The van der Waals surface area contributed by atoms with Crippen molar-refractivity contribution in [1.29, 1.82) is 0 Å². The molecule has 0 saturated heterocycles. The molecule has 0 bridgehead atoms. The highest BCUT2D eigenvalue weighted by molar-refractivity contribution is 7.52. The van der Waals surface area contributed by atoms with E-state index in [0.717, 1.165) is 12.0 Å². The van der Waals surface area contributed by atoms with E-state index >= 15 is 0 Å². The lowest BCUT2D eigenvalue weighted by atomic mass is 10.1. The molecule has 1 atom stereocenters. The Kier molecular flexibility index (Phi) is 5.01. The summed E-state index contributed by atoms with van der Waals surface area (Å²) in [4.78, 5) is 19.2. The normalized spacial score (nSPS) is 13.0. The van der Waals surface area contributed by atoms with Gasteiger partial charge in [-0.2, -0.15) is 0 Å². The molecular formula is C16H19FNO3P. The average molecular weight is 323 g/mol. The molecule has 118 valence electrons. The zero-order valence-corrected chi connectivity index (χ0v) is 13.3. The third kappa shape index (κ3) is 3.95. The van der Waals surface area contributed by atoms with Crippen molar-refractivity contribution in [1.82, 2.24) is 0 Å². The van der Waals surface area contributed by atoms with Crippen molar-refractivity contribution in [2.45, 2.75) is 26.1 Å². The summed E-state index contributed by atoms with van der Waals surface area (Å²) in [6.07, 6.45) is 0.845. The molecule has 0 aliphatic rings. The second-order valence-corrected chi connectivity index (χ2v) is 6.89. The van der Waals surface area contributed by atoms with Gasteiger partial charge in [0.15, 0.2) is 5.78 Å². The van der Waals surface area contributed by atoms with Gasteiger partial charge in [0.1, 0.15) is 5.82 Å². The smallest absolute Gasteiger partial charge is 0.352 e. The average Bonchev–Trinajstić information content (AvgIpc) is 2.47. The van der Waals surface area contributed by atoms with Crippen molar-refractivity contribution < 1.29 is 18.7 Å². The maximum absolute atomic E-state index is 13.6. The Morgan fingerprint density at radius 2 is 1.82 bits per heavy atom. The molecule has 0 heterocycles. The van der Waals surface area contributed by atoms with Gasteiger partial charge >= 0.3 is 7.60 Å². The Bertz CT molecular complexity index is 697. The number of hydrogen-bond donors (Lipinski definition) is 3. The third-order valence-electron chi connectivity index (χ3n) is 3.52. The molecule has 0 fully saturated rings. The highest BCUT2D eigenvalue weighted by atomic mass is 31.2. The van der Waals surface area contributed by atoms with E-state index in [4.69, 9.17) is 0 Å². The van der Waals surface area contributed by atoms with Crippen LogP contribution in [0, 0.1) is 12.7 Å². The second kappa shape index (κ2) is 6.61. The number of hydrogen-bond acceptors (Lipinski definition) is 2. The minimum Gasteiger partial charge on any atom is -0.368 e. The van der Waals surface area contributed by atoms with Crippen LogP contribution in [-0.4, -0.2) is 9.79 Å². The van der Waals surface area contributed by atoms with Crippen molar-refractivity contribution in [3.8, 4) is 0 Å². The molecular weight excluding hydrogens is 304 g/mol. The molecule has 22 heavy (non-hydrogen) atoms. The van der Waals surface area contributed by atoms with Gasteiger partial charge in [0.2, 0.25) is 0 Å². The first-order valence-corrected chi connectivity index (χ1v) is 8.66. The number of nitrogens with one attached hydrogen (secondary N) is 1. The lowest BCUT2D eigenvalue weighted by molar-refractivity contribution is 0.363. The molecule has 6 heteroatoms. The zero-order chi connectivity index (χ0) is 16.3. The molecule has 0 radical (unpaired) electrons. The van der Waals surface area contributed by atoms with Gasteiger partial charge in [-0.05, 0) is 42.2 Å². The molecule has 2 aromatic carbocycles. The fraction of sp³-hybridized carbons (Fsp3) is 0.250. The van der Waals surface area contributed by atoms with Crippen LogP contribution in [0.3, 0.4) is 0 Å². The van der Waals surface area contributed by atoms with E-state index in [1.165, 1.54) is 6.07 Å². The highest BCUT2D eigenvalue weighted by Gasteiger charge is 2.30. The second-order valence-electron chi connectivity index (χ2n) is 5.20. The van der Waals surface area contributed by atoms with E-state index in [2.05, 4.69) is 5.32 Å². The minimum absolute atomic E-state index is 0.330. The highest BCUT2D eigenvalue weighted by Crippen LogP contribution is 2.51. The standard InChI is InChI=1S/C16H19FNO3P/c1-3-12-5-7-13(8-6-12)16(22(19,20)21)18-14-9-4-11(2)15(17)10-14/h4-10,16,18H,3H2,1-2H3,(H2,19,20,21)/t16-/m0/s1. The number of rotatable bonds is 5. The predicted molar refractivity (Wildman–Crippen MR) is 85.4 cm³/mol. The van der Waals surface area contributed by atoms with Gasteiger partial charge in [0, 0.05) is 5.69 Å². The fourth-order valence-electron chi connectivity index (χ4n) is 2.14. The van der Waals surface area contributed by atoms with E-state index in [1.807, 2.05) is 19.1 Å². The van der Waals surface area contributed by atoms with Crippen LogP contribution in [0.15, 0.2) is 42.5 Å². The van der Waals surface area contributed by atoms with E-state index in [0.29, 0.717) is 16.8 Å². The topological polar surface area (TPSA) is 69.6 Å². The number of aryl methyl sites for hydroxylation is 2. The number of anilines is 1. The zero-order valence-electron chi connectivity index (χ0n) is 12.5. The predicted octanol–water partition coefficient (Wildman–Crippen LogP) is 3.98. The molecule has 0 aromatic heterocycles. The van der Waals surface area contributed by atoms with Crippen LogP contribution in [0.5, 0.6) is 0 Å². The van der Waals surface area contributed by atoms with Gasteiger partial charge < -0.3 is 15.1 Å². The van der Waals surface area contributed by atoms with Crippen molar-refractivity contribution in [2.75, 3.05) is 5.32 Å². The van der Waals surface area contributed by atoms with E-state index < -0.39 is 19.2 Å². The maximum Gasteiger partial charge on any atom is 0.352 e. The minimum atomic E-state index is -4.45. The molecule has 3 N–H and O–H groups in total. The summed E-state index contributed by atoms with van der Waals surface area (Å²) < 4.78 is 25.4. The van der Waals surface area contributed by atoms with Crippen LogP contribution in [0.4, 0.5) is 10.1 Å². The Balaban J connectivity index is 2.33. The summed E-state index contributed by atoms with van der Waals surface area (Å²) in [5.41, 5.74) is 2.35. The van der Waals surface area contributed by atoms with Gasteiger partial charge in [-0.1, -0.05) is 37.3 Å².